The minimum Gasteiger partial charge on any atom is -0.392 e. The number of β-amino-alcohol motifs (C(OH)–C–C–N with tert-alkyl or cyclic N) is 1. The molecule has 0 aliphatic carbocycles. The summed E-state index contributed by atoms with van der Waals surface area (Å²) in [5, 5.41) is 14.3. The number of hydrogen-bond acceptors (Lipinski definition) is 5. The highest BCUT2D eigenvalue weighted by Gasteiger charge is 2.20. The minimum atomic E-state index is -0.251. The van der Waals surface area contributed by atoms with Gasteiger partial charge in [-0.1, -0.05) is 28.9 Å². The molecule has 1 fully saturated rings. The van der Waals surface area contributed by atoms with E-state index in [4.69, 9.17) is 16.1 Å². The van der Waals surface area contributed by atoms with Gasteiger partial charge in [-0.05, 0) is 31.5 Å². The predicted molar refractivity (Wildman–Crippen MR) is 75.3 cm³/mol. The third kappa shape index (κ3) is 3.17. The van der Waals surface area contributed by atoms with Crippen molar-refractivity contribution in [2.24, 2.45) is 0 Å². The maximum atomic E-state index is 9.65. The molecule has 1 aliphatic heterocycles. The van der Waals surface area contributed by atoms with Gasteiger partial charge in [0.15, 0.2) is 0 Å². The van der Waals surface area contributed by atoms with E-state index in [9.17, 15) is 5.11 Å². The number of halogens is 1. The fourth-order valence-corrected chi connectivity index (χ4v) is 2.62. The van der Waals surface area contributed by atoms with Crippen molar-refractivity contribution in [1.29, 1.82) is 0 Å². The van der Waals surface area contributed by atoms with Crippen LogP contribution in [0.2, 0.25) is 5.02 Å². The van der Waals surface area contributed by atoms with Gasteiger partial charge in [0.1, 0.15) is 0 Å². The van der Waals surface area contributed by atoms with Crippen LogP contribution in [0.3, 0.4) is 0 Å². The normalized spacial score (nSPS) is 20.2. The number of benzene rings is 1. The van der Waals surface area contributed by atoms with Gasteiger partial charge >= 0.3 is 0 Å². The topological polar surface area (TPSA) is 62.4 Å². The molecular formula is C14H16ClN3O2. The second-order valence-electron chi connectivity index (χ2n) is 5.05. The summed E-state index contributed by atoms with van der Waals surface area (Å²) in [6.45, 7) is 2.19. The molecular weight excluding hydrogens is 278 g/mol. The standard InChI is InChI=1S/C14H16ClN3O2/c15-11-4-1-3-10(7-11)14-16-13(20-17-14)9-18-6-2-5-12(19)8-18/h1,3-4,7,12,19H,2,5-6,8-9H2. The zero-order chi connectivity index (χ0) is 13.9. The summed E-state index contributed by atoms with van der Waals surface area (Å²) in [5.74, 6) is 1.11. The molecule has 0 radical (unpaired) electrons. The van der Waals surface area contributed by atoms with Crippen molar-refractivity contribution in [3.63, 3.8) is 0 Å². The molecule has 0 bridgehead atoms. The van der Waals surface area contributed by atoms with Crippen LogP contribution < -0.4 is 0 Å². The lowest BCUT2D eigenvalue weighted by molar-refractivity contribution is 0.0613. The molecule has 1 aliphatic rings. The van der Waals surface area contributed by atoms with Gasteiger partial charge in [-0.3, -0.25) is 4.90 Å². The zero-order valence-corrected chi connectivity index (χ0v) is 11.8. The number of aliphatic hydroxyl groups excluding tert-OH is 1. The smallest absolute Gasteiger partial charge is 0.241 e. The van der Waals surface area contributed by atoms with Crippen LogP contribution in [0.5, 0.6) is 0 Å². The van der Waals surface area contributed by atoms with Crippen molar-refractivity contribution in [1.82, 2.24) is 15.0 Å². The fourth-order valence-electron chi connectivity index (χ4n) is 2.43. The Kier molecular flexibility index (Phi) is 4.00. The van der Waals surface area contributed by atoms with Crippen LogP contribution in [0.25, 0.3) is 11.4 Å². The third-order valence-electron chi connectivity index (χ3n) is 3.39. The molecule has 1 aromatic carbocycles. The largest absolute Gasteiger partial charge is 0.392 e. The number of hydrogen-bond donors (Lipinski definition) is 1. The van der Waals surface area contributed by atoms with E-state index in [1.54, 1.807) is 12.1 Å². The second-order valence-corrected chi connectivity index (χ2v) is 5.49. The quantitative estimate of drug-likeness (QED) is 0.941. The molecule has 1 atom stereocenters. The van der Waals surface area contributed by atoms with Gasteiger partial charge < -0.3 is 9.63 Å². The maximum absolute atomic E-state index is 9.65. The Morgan fingerprint density at radius 2 is 2.35 bits per heavy atom. The highest BCUT2D eigenvalue weighted by atomic mass is 35.5. The second kappa shape index (κ2) is 5.91. The first-order valence-corrected chi connectivity index (χ1v) is 7.07. The van der Waals surface area contributed by atoms with E-state index in [0.29, 0.717) is 29.8 Å². The van der Waals surface area contributed by atoms with Crippen LogP contribution in [0.15, 0.2) is 28.8 Å². The molecule has 0 amide bonds. The van der Waals surface area contributed by atoms with Crippen LogP contribution >= 0.6 is 11.6 Å². The van der Waals surface area contributed by atoms with Gasteiger partial charge in [-0.15, -0.1) is 0 Å². The van der Waals surface area contributed by atoms with E-state index >= 15 is 0 Å². The molecule has 1 unspecified atom stereocenters. The lowest BCUT2D eigenvalue weighted by atomic mass is 10.1. The summed E-state index contributed by atoms with van der Waals surface area (Å²) in [5.41, 5.74) is 0.839. The Balaban J connectivity index is 1.70. The van der Waals surface area contributed by atoms with Gasteiger partial charge in [-0.25, -0.2) is 0 Å². The van der Waals surface area contributed by atoms with Crippen molar-refractivity contribution < 1.29 is 9.63 Å². The highest BCUT2D eigenvalue weighted by Crippen LogP contribution is 2.20. The van der Waals surface area contributed by atoms with Crippen molar-refractivity contribution in [2.75, 3.05) is 13.1 Å². The molecule has 20 heavy (non-hydrogen) atoms. The highest BCUT2D eigenvalue weighted by molar-refractivity contribution is 6.30. The summed E-state index contributed by atoms with van der Waals surface area (Å²) in [6.07, 6.45) is 1.61. The summed E-state index contributed by atoms with van der Waals surface area (Å²) < 4.78 is 5.27. The van der Waals surface area contributed by atoms with E-state index < -0.39 is 0 Å². The monoisotopic (exact) mass is 293 g/mol. The SMILES string of the molecule is OC1CCCN(Cc2nc(-c3cccc(Cl)c3)no2)C1. The average Bonchev–Trinajstić information content (AvgIpc) is 2.87. The number of aromatic nitrogens is 2. The number of nitrogens with zero attached hydrogens (tertiary/aromatic N) is 3. The fraction of sp³-hybridized carbons (Fsp3) is 0.429. The van der Waals surface area contributed by atoms with Gasteiger partial charge in [0, 0.05) is 17.1 Å². The molecule has 0 spiro atoms. The summed E-state index contributed by atoms with van der Waals surface area (Å²) in [4.78, 5) is 6.51. The molecule has 1 N–H and O–H groups in total. The predicted octanol–water partition coefficient (Wildman–Crippen LogP) is 2.35. The average molecular weight is 294 g/mol. The number of aliphatic hydroxyl groups is 1. The molecule has 2 heterocycles. The van der Waals surface area contributed by atoms with E-state index in [1.165, 1.54) is 0 Å². The zero-order valence-electron chi connectivity index (χ0n) is 11.0. The van der Waals surface area contributed by atoms with Crippen LogP contribution in [-0.4, -0.2) is 39.3 Å². The molecule has 0 saturated carbocycles. The molecule has 6 heteroatoms. The van der Waals surface area contributed by atoms with Crippen LogP contribution in [0.1, 0.15) is 18.7 Å². The first kappa shape index (κ1) is 13.5. The van der Waals surface area contributed by atoms with Crippen molar-refractivity contribution in [2.45, 2.75) is 25.5 Å². The Hall–Kier alpha value is -1.43. The van der Waals surface area contributed by atoms with Crippen molar-refractivity contribution in [3.05, 3.63) is 35.2 Å². The molecule has 2 aromatic rings. The molecule has 1 saturated heterocycles. The summed E-state index contributed by atoms with van der Waals surface area (Å²) in [6, 6.07) is 7.36. The molecule has 3 rings (SSSR count). The van der Waals surface area contributed by atoms with Gasteiger partial charge in [0.25, 0.3) is 0 Å². The van der Waals surface area contributed by atoms with Crippen molar-refractivity contribution >= 4 is 11.6 Å². The van der Waals surface area contributed by atoms with E-state index in [2.05, 4.69) is 15.0 Å². The van der Waals surface area contributed by atoms with Crippen LogP contribution in [0.4, 0.5) is 0 Å². The van der Waals surface area contributed by atoms with E-state index in [-0.39, 0.29) is 6.10 Å². The lowest BCUT2D eigenvalue weighted by Crippen LogP contribution is -2.37. The molecule has 106 valence electrons. The minimum absolute atomic E-state index is 0.251. The molecule has 1 aromatic heterocycles. The van der Waals surface area contributed by atoms with Crippen LogP contribution in [0, 0.1) is 0 Å². The number of likely N-dealkylation sites (tertiary alicyclic amines) is 1. The number of piperidine rings is 1. The number of rotatable bonds is 3. The maximum Gasteiger partial charge on any atom is 0.241 e. The molecule has 5 nitrogen and oxygen atoms in total. The Morgan fingerprint density at radius 1 is 1.45 bits per heavy atom. The van der Waals surface area contributed by atoms with Crippen LogP contribution in [-0.2, 0) is 6.54 Å². The van der Waals surface area contributed by atoms with Gasteiger partial charge in [0.05, 0.1) is 12.6 Å². The summed E-state index contributed by atoms with van der Waals surface area (Å²) in [7, 11) is 0. The summed E-state index contributed by atoms with van der Waals surface area (Å²) >= 11 is 5.95. The third-order valence-corrected chi connectivity index (χ3v) is 3.63. The van der Waals surface area contributed by atoms with Gasteiger partial charge in [-0.2, -0.15) is 4.98 Å². The Morgan fingerprint density at radius 3 is 3.15 bits per heavy atom. The Labute approximate surface area is 122 Å². The first-order chi connectivity index (χ1) is 9.70. The van der Waals surface area contributed by atoms with Crippen molar-refractivity contribution in [3.8, 4) is 11.4 Å². The van der Waals surface area contributed by atoms with E-state index in [1.807, 2.05) is 12.1 Å². The first-order valence-electron chi connectivity index (χ1n) is 6.69. The lowest BCUT2D eigenvalue weighted by Gasteiger charge is -2.28. The Bertz CT molecular complexity index is 587. The van der Waals surface area contributed by atoms with Gasteiger partial charge in [0.2, 0.25) is 11.7 Å². The van der Waals surface area contributed by atoms with E-state index in [0.717, 1.165) is 24.9 Å².